The fraction of sp³-hybridized carbons (Fsp3) is 1.00. The minimum absolute atomic E-state index is 2.74. The lowest BCUT2D eigenvalue weighted by atomic mass is 10.8. The Morgan fingerprint density at radius 2 is 1.62 bits per heavy atom. The van der Waals surface area contributed by atoms with Crippen LogP contribution in [0.15, 0.2) is 0 Å². The number of hydrogen-bond donors (Lipinski definition) is 0. The Morgan fingerprint density at radius 1 is 1.23 bits per heavy atom. The van der Waals surface area contributed by atoms with E-state index in [0.29, 0.717) is 0 Å². The third kappa shape index (κ3) is 3.61. The maximum Gasteiger partial charge on any atom is 0.523 e. The van der Waals surface area contributed by atoms with E-state index in [1.165, 1.54) is 0 Å². The highest BCUT2D eigenvalue weighted by atomic mass is 35.5. The zero-order valence-corrected chi connectivity index (χ0v) is 7.13. The van der Waals surface area contributed by atoms with Gasteiger partial charge in [0.15, 0.2) is 0 Å². The zero-order chi connectivity index (χ0) is 10.9. The molecule has 0 aliphatic carbocycles. The molecule has 80 valence electrons. The van der Waals surface area contributed by atoms with Gasteiger partial charge in [-0.3, -0.25) is 0 Å². The molecule has 10 heteroatoms. The summed E-state index contributed by atoms with van der Waals surface area (Å²) in [6, 6.07) is 0. The van der Waals surface area contributed by atoms with Crippen molar-refractivity contribution in [1.82, 2.24) is 0 Å². The summed E-state index contributed by atoms with van der Waals surface area (Å²) >= 11 is 4.29. The second-order valence-electron chi connectivity index (χ2n) is 1.68. The van der Waals surface area contributed by atoms with Gasteiger partial charge in [-0.1, -0.05) is 11.6 Å². The number of halogens is 6. The van der Waals surface area contributed by atoms with E-state index < -0.39 is 27.6 Å². The highest BCUT2D eigenvalue weighted by Crippen LogP contribution is 2.27. The van der Waals surface area contributed by atoms with Crippen molar-refractivity contribution in [2.45, 2.75) is 17.5 Å². The van der Waals surface area contributed by atoms with Crippen LogP contribution in [-0.4, -0.2) is 25.9 Å². The first kappa shape index (κ1) is 12.8. The highest BCUT2D eigenvalue weighted by Gasteiger charge is 2.49. The van der Waals surface area contributed by atoms with E-state index in [-0.39, 0.29) is 0 Å². The number of hydrogen-bond acceptors (Lipinski definition) is 3. The molecule has 3 nitrogen and oxygen atoms in total. The predicted molar refractivity (Wildman–Crippen MR) is 31.7 cm³/mol. The molecule has 13 heavy (non-hydrogen) atoms. The molecule has 0 bridgehead atoms. The molecule has 0 radical (unpaired) electrons. The standard InChI is InChI=1S/C3H2ClF5O3S/c4-1(5)2(6)12-13(10,11)3(7,8)9/h1-2H. The summed E-state index contributed by atoms with van der Waals surface area (Å²) in [6.07, 6.45) is -3.38. The normalized spacial score (nSPS) is 18.3. The fourth-order valence-corrected chi connectivity index (χ4v) is 0.779. The summed E-state index contributed by atoms with van der Waals surface area (Å²) in [5, 5.41) is 0. The summed E-state index contributed by atoms with van der Waals surface area (Å²) in [7, 11) is -6.14. The van der Waals surface area contributed by atoms with E-state index in [1.54, 1.807) is 0 Å². The third-order valence-electron chi connectivity index (χ3n) is 0.700. The Bertz CT molecular complexity index is 259. The van der Waals surface area contributed by atoms with Crippen LogP contribution in [0.3, 0.4) is 0 Å². The van der Waals surface area contributed by atoms with Crippen molar-refractivity contribution in [2.24, 2.45) is 0 Å². The lowest BCUT2D eigenvalue weighted by Crippen LogP contribution is -2.30. The van der Waals surface area contributed by atoms with E-state index in [9.17, 15) is 30.4 Å². The Labute approximate surface area is 74.5 Å². The predicted octanol–water partition coefficient (Wildman–Crippen LogP) is 1.68. The molecular weight excluding hydrogens is 247 g/mol. The van der Waals surface area contributed by atoms with Crippen molar-refractivity contribution in [2.75, 3.05) is 0 Å². The number of rotatable bonds is 3. The van der Waals surface area contributed by atoms with Gasteiger partial charge in [0.1, 0.15) is 0 Å². The maximum absolute atomic E-state index is 11.9. The average molecular weight is 249 g/mol. The van der Waals surface area contributed by atoms with Crippen molar-refractivity contribution in [3.05, 3.63) is 0 Å². The molecule has 2 atom stereocenters. The largest absolute Gasteiger partial charge is 0.523 e. The van der Waals surface area contributed by atoms with E-state index >= 15 is 0 Å². The summed E-state index contributed by atoms with van der Waals surface area (Å²) in [5.41, 5.74) is -8.79. The van der Waals surface area contributed by atoms with Crippen LogP contribution in [0.1, 0.15) is 0 Å². The molecular formula is C3H2ClF5O3S. The first-order valence-electron chi connectivity index (χ1n) is 2.49. The average Bonchev–Trinajstić information content (AvgIpc) is 1.83. The van der Waals surface area contributed by atoms with E-state index in [0.717, 1.165) is 0 Å². The van der Waals surface area contributed by atoms with Gasteiger partial charge in [-0.25, -0.2) is 13.0 Å². The number of alkyl halides is 6. The molecule has 0 rings (SSSR count). The molecule has 2 unspecified atom stereocenters. The van der Waals surface area contributed by atoms with Gasteiger partial charge in [0.25, 0.3) is 6.36 Å². The lowest BCUT2D eigenvalue weighted by molar-refractivity contribution is -0.0686. The summed E-state index contributed by atoms with van der Waals surface area (Å²) < 4.78 is 80.5. The monoisotopic (exact) mass is 248 g/mol. The van der Waals surface area contributed by atoms with Crippen LogP contribution in [0.5, 0.6) is 0 Å². The van der Waals surface area contributed by atoms with Gasteiger partial charge in [0, 0.05) is 0 Å². The molecule has 0 saturated heterocycles. The zero-order valence-electron chi connectivity index (χ0n) is 5.56. The Kier molecular flexibility index (Phi) is 3.88. The molecule has 0 aliphatic heterocycles. The summed E-state index contributed by atoms with van der Waals surface area (Å²) in [6.45, 7) is 0. The second kappa shape index (κ2) is 3.93. The van der Waals surface area contributed by atoms with E-state index in [4.69, 9.17) is 0 Å². The third-order valence-corrected chi connectivity index (χ3v) is 1.90. The van der Waals surface area contributed by atoms with Gasteiger partial charge in [0.05, 0.1) is 0 Å². The van der Waals surface area contributed by atoms with Crippen LogP contribution >= 0.6 is 11.6 Å². The van der Waals surface area contributed by atoms with Gasteiger partial charge in [-0.05, 0) is 0 Å². The van der Waals surface area contributed by atoms with Crippen molar-refractivity contribution in [1.29, 1.82) is 0 Å². The Balaban J connectivity index is 4.55. The van der Waals surface area contributed by atoms with Crippen LogP contribution < -0.4 is 0 Å². The van der Waals surface area contributed by atoms with Gasteiger partial charge < -0.3 is 0 Å². The molecule has 0 aromatic heterocycles. The molecule has 0 aromatic rings. The first-order valence-corrected chi connectivity index (χ1v) is 4.34. The van der Waals surface area contributed by atoms with Crippen LogP contribution in [-0.2, 0) is 14.3 Å². The molecule has 0 amide bonds. The van der Waals surface area contributed by atoms with Crippen molar-refractivity contribution < 1.29 is 34.6 Å². The summed E-state index contributed by atoms with van der Waals surface area (Å²) in [5.74, 6) is 0. The van der Waals surface area contributed by atoms with Crippen LogP contribution in [0.4, 0.5) is 22.0 Å². The van der Waals surface area contributed by atoms with Gasteiger partial charge in [-0.15, -0.1) is 0 Å². The van der Waals surface area contributed by atoms with Crippen LogP contribution in [0, 0.1) is 0 Å². The van der Waals surface area contributed by atoms with Gasteiger partial charge >= 0.3 is 15.6 Å². The maximum atomic E-state index is 11.9. The Hall–Kier alpha value is -0.150. The molecule has 0 heterocycles. The van der Waals surface area contributed by atoms with Crippen molar-refractivity contribution in [3.8, 4) is 0 Å². The molecule has 0 saturated carbocycles. The Morgan fingerprint density at radius 3 is 1.85 bits per heavy atom. The molecule has 0 spiro atoms. The highest BCUT2D eigenvalue weighted by molar-refractivity contribution is 7.87. The van der Waals surface area contributed by atoms with Crippen LogP contribution in [0.25, 0.3) is 0 Å². The van der Waals surface area contributed by atoms with Gasteiger partial charge in [-0.2, -0.15) is 21.6 Å². The smallest absolute Gasteiger partial charge is 0.224 e. The second-order valence-corrected chi connectivity index (χ2v) is 3.66. The van der Waals surface area contributed by atoms with Crippen molar-refractivity contribution in [3.63, 3.8) is 0 Å². The minimum atomic E-state index is -6.14. The molecule has 0 aliphatic rings. The molecule has 0 aromatic carbocycles. The SMILES string of the molecule is O=S(=O)(OC(F)C(F)Cl)C(F)(F)F. The van der Waals surface area contributed by atoms with E-state index in [2.05, 4.69) is 15.8 Å². The first-order chi connectivity index (χ1) is 5.58. The minimum Gasteiger partial charge on any atom is -0.224 e. The topological polar surface area (TPSA) is 43.4 Å². The molecule has 0 fully saturated rings. The van der Waals surface area contributed by atoms with Crippen molar-refractivity contribution >= 4 is 21.7 Å². The van der Waals surface area contributed by atoms with Gasteiger partial charge in [0.2, 0.25) is 5.63 Å². The quantitative estimate of drug-likeness (QED) is 0.330. The van der Waals surface area contributed by atoms with E-state index in [1.807, 2.05) is 0 Å². The summed E-state index contributed by atoms with van der Waals surface area (Å²) in [4.78, 5) is 0. The fourth-order valence-electron chi connectivity index (χ4n) is 0.218. The molecule has 0 N–H and O–H groups in total. The lowest BCUT2D eigenvalue weighted by Gasteiger charge is -2.11. The van der Waals surface area contributed by atoms with Crippen LogP contribution in [0.2, 0.25) is 0 Å².